The summed E-state index contributed by atoms with van der Waals surface area (Å²) in [6, 6.07) is 6.11. The Balaban J connectivity index is 2.13. The van der Waals surface area contributed by atoms with Crippen molar-refractivity contribution in [1.82, 2.24) is 15.2 Å². The number of hydrogen-bond donors (Lipinski definition) is 1. The first-order chi connectivity index (χ1) is 11.2. The van der Waals surface area contributed by atoms with E-state index in [1.165, 1.54) is 26.2 Å². The summed E-state index contributed by atoms with van der Waals surface area (Å²) in [7, 11) is 1.28. The SMILES string of the molecule is CON(Cc1ccc(-c2noc(C(F)(F)F)n2)cc1)C(=O)C(C)O. The molecule has 24 heavy (non-hydrogen) atoms. The summed E-state index contributed by atoms with van der Waals surface area (Å²) in [5.41, 5.74) is 0.956. The number of rotatable bonds is 5. The molecule has 1 unspecified atom stereocenters. The third-order valence-electron chi connectivity index (χ3n) is 3.03. The van der Waals surface area contributed by atoms with Gasteiger partial charge in [0.05, 0.1) is 13.7 Å². The summed E-state index contributed by atoms with van der Waals surface area (Å²) in [4.78, 5) is 19.9. The molecule has 0 spiro atoms. The van der Waals surface area contributed by atoms with Crippen LogP contribution in [-0.4, -0.2) is 39.4 Å². The fourth-order valence-electron chi connectivity index (χ4n) is 1.82. The van der Waals surface area contributed by atoms with E-state index < -0.39 is 24.1 Å². The fourth-order valence-corrected chi connectivity index (χ4v) is 1.82. The molecule has 0 aliphatic heterocycles. The van der Waals surface area contributed by atoms with Gasteiger partial charge in [-0.15, -0.1) is 0 Å². The van der Waals surface area contributed by atoms with Gasteiger partial charge in [-0.3, -0.25) is 9.63 Å². The predicted octanol–water partition coefficient (Wildman–Crippen LogP) is 2.03. The topological polar surface area (TPSA) is 88.7 Å². The number of alkyl halides is 3. The molecule has 1 aromatic carbocycles. The lowest BCUT2D eigenvalue weighted by molar-refractivity contribution is -0.187. The van der Waals surface area contributed by atoms with Crippen molar-refractivity contribution in [2.45, 2.75) is 25.7 Å². The largest absolute Gasteiger partial charge is 0.471 e. The Hall–Kier alpha value is -2.46. The smallest absolute Gasteiger partial charge is 0.383 e. The van der Waals surface area contributed by atoms with Crippen LogP contribution in [-0.2, 0) is 22.4 Å². The van der Waals surface area contributed by atoms with E-state index in [4.69, 9.17) is 4.84 Å². The lowest BCUT2D eigenvalue weighted by atomic mass is 10.1. The number of nitrogens with zero attached hydrogens (tertiary/aromatic N) is 3. The highest BCUT2D eigenvalue weighted by atomic mass is 19.4. The second-order valence-electron chi connectivity index (χ2n) is 4.85. The second-order valence-corrected chi connectivity index (χ2v) is 4.85. The van der Waals surface area contributed by atoms with E-state index in [1.807, 2.05) is 0 Å². The van der Waals surface area contributed by atoms with Crippen molar-refractivity contribution in [3.05, 3.63) is 35.7 Å². The van der Waals surface area contributed by atoms with Crippen LogP contribution in [0, 0.1) is 0 Å². The first-order valence-electron chi connectivity index (χ1n) is 6.76. The van der Waals surface area contributed by atoms with Gasteiger partial charge in [0.15, 0.2) is 0 Å². The minimum atomic E-state index is -4.70. The molecular weight excluding hydrogens is 331 g/mol. The first kappa shape index (κ1) is 17.9. The van der Waals surface area contributed by atoms with Crippen molar-refractivity contribution in [3.8, 4) is 11.4 Å². The molecule has 2 rings (SSSR count). The molecule has 1 amide bonds. The average Bonchev–Trinajstić information content (AvgIpc) is 3.02. The molecule has 0 fully saturated rings. The third-order valence-corrected chi connectivity index (χ3v) is 3.03. The Morgan fingerprint density at radius 3 is 2.46 bits per heavy atom. The number of hydroxylamine groups is 2. The highest BCUT2D eigenvalue weighted by molar-refractivity contribution is 5.79. The van der Waals surface area contributed by atoms with Crippen LogP contribution in [0.4, 0.5) is 13.2 Å². The van der Waals surface area contributed by atoms with Crippen molar-refractivity contribution >= 4 is 5.91 Å². The second kappa shape index (κ2) is 6.97. The highest BCUT2D eigenvalue weighted by Gasteiger charge is 2.38. The number of amides is 1. The van der Waals surface area contributed by atoms with E-state index in [1.54, 1.807) is 12.1 Å². The van der Waals surface area contributed by atoms with Crippen molar-refractivity contribution < 1.29 is 32.4 Å². The molecule has 10 heteroatoms. The van der Waals surface area contributed by atoms with Gasteiger partial charge in [0.2, 0.25) is 5.82 Å². The van der Waals surface area contributed by atoms with Crippen molar-refractivity contribution in [2.24, 2.45) is 0 Å². The van der Waals surface area contributed by atoms with Crippen molar-refractivity contribution in [3.63, 3.8) is 0 Å². The van der Waals surface area contributed by atoms with Gasteiger partial charge >= 0.3 is 12.1 Å². The molecule has 1 heterocycles. The van der Waals surface area contributed by atoms with Crippen LogP contribution in [0.2, 0.25) is 0 Å². The quantitative estimate of drug-likeness (QED) is 0.834. The van der Waals surface area contributed by atoms with Gasteiger partial charge in [0.1, 0.15) is 6.10 Å². The maximum atomic E-state index is 12.4. The van der Waals surface area contributed by atoms with E-state index in [0.29, 0.717) is 11.1 Å². The zero-order valence-electron chi connectivity index (χ0n) is 12.7. The number of aliphatic hydroxyl groups excluding tert-OH is 1. The highest BCUT2D eigenvalue weighted by Crippen LogP contribution is 2.29. The Labute approximate surface area is 134 Å². The van der Waals surface area contributed by atoms with Crippen LogP contribution in [0.5, 0.6) is 0 Å². The summed E-state index contributed by atoms with van der Waals surface area (Å²) < 4.78 is 41.5. The molecule has 0 aliphatic carbocycles. The predicted molar refractivity (Wildman–Crippen MR) is 74.0 cm³/mol. The number of carbonyl (C=O) groups excluding carboxylic acids is 1. The number of halogens is 3. The molecule has 0 saturated carbocycles. The lowest BCUT2D eigenvalue weighted by Crippen LogP contribution is -2.36. The maximum absolute atomic E-state index is 12.4. The number of hydrogen-bond acceptors (Lipinski definition) is 6. The van der Waals surface area contributed by atoms with Crippen molar-refractivity contribution in [1.29, 1.82) is 0 Å². The van der Waals surface area contributed by atoms with Crippen LogP contribution >= 0.6 is 0 Å². The third kappa shape index (κ3) is 4.09. The standard InChI is InChI=1S/C14H14F3N3O4/c1-8(21)12(22)20(23-2)7-9-3-5-10(6-4-9)11-18-13(24-19-11)14(15,16)17/h3-6,8,21H,7H2,1-2H3. The van der Waals surface area contributed by atoms with Gasteiger partial charge in [-0.2, -0.15) is 18.2 Å². The summed E-state index contributed by atoms with van der Waals surface area (Å²) in [6.07, 6.45) is -5.92. The number of aromatic nitrogens is 2. The zero-order valence-corrected chi connectivity index (χ0v) is 12.7. The molecule has 1 atom stereocenters. The molecule has 0 saturated heterocycles. The van der Waals surface area contributed by atoms with E-state index in [2.05, 4.69) is 14.7 Å². The van der Waals surface area contributed by atoms with Crippen molar-refractivity contribution in [2.75, 3.05) is 7.11 Å². The zero-order chi connectivity index (χ0) is 17.9. The van der Waals surface area contributed by atoms with E-state index in [9.17, 15) is 23.1 Å². The van der Waals surface area contributed by atoms with Gasteiger partial charge in [-0.05, 0) is 12.5 Å². The summed E-state index contributed by atoms with van der Waals surface area (Å²) in [6.45, 7) is 1.37. The van der Waals surface area contributed by atoms with Crippen LogP contribution in [0.3, 0.4) is 0 Å². The number of carbonyl (C=O) groups is 1. The average molecular weight is 345 g/mol. The molecular formula is C14H14F3N3O4. The first-order valence-corrected chi connectivity index (χ1v) is 6.76. The van der Waals surface area contributed by atoms with Crippen LogP contribution in [0.15, 0.2) is 28.8 Å². The summed E-state index contributed by atoms with van der Waals surface area (Å²) >= 11 is 0. The molecule has 1 N–H and O–H groups in total. The monoisotopic (exact) mass is 345 g/mol. The Kier molecular flexibility index (Phi) is 5.20. The van der Waals surface area contributed by atoms with Gasteiger partial charge in [0.25, 0.3) is 5.91 Å². The summed E-state index contributed by atoms with van der Waals surface area (Å²) in [5.74, 6) is -2.23. The van der Waals surface area contributed by atoms with E-state index >= 15 is 0 Å². The van der Waals surface area contributed by atoms with E-state index in [0.717, 1.165) is 5.06 Å². The van der Waals surface area contributed by atoms with Crippen LogP contribution in [0.25, 0.3) is 11.4 Å². The number of aliphatic hydroxyl groups is 1. The summed E-state index contributed by atoms with van der Waals surface area (Å²) in [5, 5.41) is 13.5. The lowest BCUT2D eigenvalue weighted by Gasteiger charge is -2.21. The van der Waals surface area contributed by atoms with E-state index in [-0.39, 0.29) is 12.4 Å². The normalized spacial score (nSPS) is 12.9. The molecule has 7 nitrogen and oxygen atoms in total. The van der Waals surface area contributed by atoms with Gasteiger partial charge in [0, 0.05) is 5.56 Å². The van der Waals surface area contributed by atoms with Crippen LogP contribution in [0.1, 0.15) is 18.4 Å². The van der Waals surface area contributed by atoms with Crippen LogP contribution < -0.4 is 0 Å². The van der Waals surface area contributed by atoms with Gasteiger partial charge in [-0.25, -0.2) is 5.06 Å². The molecule has 2 aromatic rings. The minimum absolute atomic E-state index is 0.0561. The molecule has 1 aromatic heterocycles. The van der Waals surface area contributed by atoms with Gasteiger partial charge in [-0.1, -0.05) is 29.4 Å². The number of benzene rings is 1. The molecule has 130 valence electrons. The van der Waals surface area contributed by atoms with Gasteiger partial charge < -0.3 is 9.63 Å². The minimum Gasteiger partial charge on any atom is -0.383 e. The fraction of sp³-hybridized carbons (Fsp3) is 0.357. The maximum Gasteiger partial charge on any atom is 0.471 e. The molecule has 0 radical (unpaired) electrons. The Bertz CT molecular complexity index is 698. The molecule has 0 bridgehead atoms. The Morgan fingerprint density at radius 2 is 2.00 bits per heavy atom. The molecule has 0 aliphatic rings. The Morgan fingerprint density at radius 1 is 1.38 bits per heavy atom.